The van der Waals surface area contributed by atoms with Crippen LogP contribution in [-0.4, -0.2) is 67.7 Å². The monoisotopic (exact) mass is 333 g/mol. The second kappa shape index (κ2) is 9.27. The number of anilines is 1. The third-order valence-electron chi connectivity index (χ3n) is 4.23. The van der Waals surface area contributed by atoms with Crippen molar-refractivity contribution in [2.24, 2.45) is 0 Å². The fourth-order valence-electron chi connectivity index (χ4n) is 2.87. The van der Waals surface area contributed by atoms with Crippen molar-refractivity contribution in [2.75, 3.05) is 50.8 Å². The van der Waals surface area contributed by atoms with Crippen molar-refractivity contribution in [3.05, 3.63) is 30.3 Å². The van der Waals surface area contributed by atoms with Crippen molar-refractivity contribution in [1.29, 1.82) is 0 Å². The highest BCUT2D eigenvalue weighted by Crippen LogP contribution is 2.14. The predicted molar refractivity (Wildman–Crippen MR) is 94.1 cm³/mol. The zero-order chi connectivity index (χ0) is 17.4. The summed E-state index contributed by atoms with van der Waals surface area (Å²) in [7, 11) is 0. The molecule has 6 nitrogen and oxygen atoms in total. The van der Waals surface area contributed by atoms with Crippen molar-refractivity contribution in [1.82, 2.24) is 9.80 Å². The van der Waals surface area contributed by atoms with Crippen LogP contribution in [0.3, 0.4) is 0 Å². The summed E-state index contributed by atoms with van der Waals surface area (Å²) in [5.74, 6) is 0.136. The predicted octanol–water partition coefficient (Wildman–Crippen LogP) is 2.20. The molecular formula is C18H27N3O3. The van der Waals surface area contributed by atoms with Crippen LogP contribution in [0.2, 0.25) is 0 Å². The maximum Gasteiger partial charge on any atom is 0.409 e. The number of amides is 2. The van der Waals surface area contributed by atoms with Gasteiger partial charge >= 0.3 is 6.09 Å². The first-order valence-electron chi connectivity index (χ1n) is 8.65. The van der Waals surface area contributed by atoms with Crippen LogP contribution in [0.25, 0.3) is 0 Å². The minimum absolute atomic E-state index is 0.136. The van der Waals surface area contributed by atoms with Gasteiger partial charge in [-0.1, -0.05) is 18.2 Å². The van der Waals surface area contributed by atoms with Crippen LogP contribution < -0.4 is 4.90 Å². The summed E-state index contributed by atoms with van der Waals surface area (Å²) in [6, 6.07) is 9.75. The van der Waals surface area contributed by atoms with E-state index in [1.165, 1.54) is 0 Å². The Labute approximate surface area is 144 Å². The summed E-state index contributed by atoms with van der Waals surface area (Å²) in [4.78, 5) is 29.9. The lowest BCUT2D eigenvalue weighted by Gasteiger charge is -2.34. The van der Waals surface area contributed by atoms with E-state index in [4.69, 9.17) is 4.74 Å². The molecule has 0 N–H and O–H groups in total. The van der Waals surface area contributed by atoms with E-state index in [-0.39, 0.29) is 12.0 Å². The van der Waals surface area contributed by atoms with E-state index in [1.54, 1.807) is 4.90 Å². The zero-order valence-corrected chi connectivity index (χ0v) is 14.6. The van der Waals surface area contributed by atoms with Crippen molar-refractivity contribution in [3.63, 3.8) is 0 Å². The van der Waals surface area contributed by atoms with E-state index in [0.717, 1.165) is 25.3 Å². The molecule has 0 radical (unpaired) electrons. The fourth-order valence-corrected chi connectivity index (χ4v) is 2.87. The lowest BCUT2D eigenvalue weighted by molar-refractivity contribution is -0.119. The first kappa shape index (κ1) is 18.3. The van der Waals surface area contributed by atoms with Crippen LogP contribution in [0.4, 0.5) is 10.5 Å². The van der Waals surface area contributed by atoms with Crippen molar-refractivity contribution >= 4 is 17.7 Å². The number of hydrogen-bond acceptors (Lipinski definition) is 4. The Hall–Kier alpha value is -2.08. The molecule has 0 atom stereocenters. The van der Waals surface area contributed by atoms with E-state index < -0.39 is 0 Å². The fraction of sp³-hybridized carbons (Fsp3) is 0.556. The highest BCUT2D eigenvalue weighted by atomic mass is 16.6. The molecule has 0 saturated carbocycles. The van der Waals surface area contributed by atoms with E-state index in [0.29, 0.717) is 32.7 Å². The van der Waals surface area contributed by atoms with Crippen LogP contribution >= 0.6 is 0 Å². The second-order valence-corrected chi connectivity index (χ2v) is 5.75. The average Bonchev–Trinajstić information content (AvgIpc) is 2.62. The number of nitrogens with zero attached hydrogens (tertiary/aromatic N) is 3. The smallest absolute Gasteiger partial charge is 0.409 e. The van der Waals surface area contributed by atoms with Crippen LogP contribution in [0.15, 0.2) is 30.3 Å². The molecule has 1 heterocycles. The Morgan fingerprint density at radius 2 is 1.75 bits per heavy atom. The van der Waals surface area contributed by atoms with Gasteiger partial charge in [-0.3, -0.25) is 9.69 Å². The molecule has 1 aliphatic heterocycles. The average molecular weight is 333 g/mol. The first-order chi connectivity index (χ1) is 11.7. The molecule has 1 aromatic carbocycles. The number of ether oxygens (including phenoxy) is 1. The Kier molecular flexibility index (Phi) is 7.06. The molecule has 0 unspecified atom stereocenters. The number of rotatable bonds is 6. The van der Waals surface area contributed by atoms with Crippen LogP contribution in [0.5, 0.6) is 0 Å². The van der Waals surface area contributed by atoms with Gasteiger partial charge in [0, 0.05) is 51.4 Å². The molecule has 1 aliphatic rings. The quantitative estimate of drug-likeness (QED) is 0.801. The lowest BCUT2D eigenvalue weighted by Crippen LogP contribution is -2.49. The van der Waals surface area contributed by atoms with Crippen molar-refractivity contribution < 1.29 is 14.3 Å². The lowest BCUT2D eigenvalue weighted by atomic mass is 10.2. The topological polar surface area (TPSA) is 53.1 Å². The third-order valence-corrected chi connectivity index (χ3v) is 4.23. The van der Waals surface area contributed by atoms with E-state index in [2.05, 4.69) is 4.90 Å². The molecule has 2 amide bonds. The van der Waals surface area contributed by atoms with Crippen molar-refractivity contribution in [3.8, 4) is 0 Å². The molecule has 0 aliphatic carbocycles. The van der Waals surface area contributed by atoms with Gasteiger partial charge in [0.2, 0.25) is 5.91 Å². The van der Waals surface area contributed by atoms with Crippen LogP contribution in [0.1, 0.15) is 20.3 Å². The highest BCUT2D eigenvalue weighted by molar-refractivity contribution is 5.93. The van der Waals surface area contributed by atoms with Gasteiger partial charge in [0.25, 0.3) is 0 Å². The number of hydrogen-bond donors (Lipinski definition) is 0. The Morgan fingerprint density at radius 3 is 2.33 bits per heavy atom. The van der Waals surface area contributed by atoms with Gasteiger partial charge in [0.05, 0.1) is 6.61 Å². The summed E-state index contributed by atoms with van der Waals surface area (Å²) in [5, 5.41) is 0. The largest absolute Gasteiger partial charge is 0.450 e. The van der Waals surface area contributed by atoms with Gasteiger partial charge in [0.15, 0.2) is 0 Å². The molecule has 2 rings (SSSR count). The highest BCUT2D eigenvalue weighted by Gasteiger charge is 2.22. The standard InChI is InChI=1S/C18H27N3O3/c1-3-21(16-8-6-5-7-9-16)17(22)10-11-19-12-14-20(15-13-19)18(23)24-4-2/h5-9H,3-4,10-15H2,1-2H3. The van der Waals surface area contributed by atoms with Crippen LogP contribution in [0, 0.1) is 0 Å². The van der Waals surface area contributed by atoms with Gasteiger partial charge in [-0.2, -0.15) is 0 Å². The molecule has 132 valence electrons. The molecule has 1 saturated heterocycles. The van der Waals surface area contributed by atoms with Gasteiger partial charge < -0.3 is 14.5 Å². The van der Waals surface area contributed by atoms with E-state index >= 15 is 0 Å². The Morgan fingerprint density at radius 1 is 1.08 bits per heavy atom. The summed E-state index contributed by atoms with van der Waals surface area (Å²) < 4.78 is 5.02. The molecular weight excluding hydrogens is 306 g/mol. The number of carbonyl (C=O) groups excluding carboxylic acids is 2. The summed E-state index contributed by atoms with van der Waals surface area (Å²) in [6.07, 6.45) is 0.247. The summed E-state index contributed by atoms with van der Waals surface area (Å²) in [5.41, 5.74) is 0.942. The molecule has 0 bridgehead atoms. The molecule has 1 aromatic rings. The van der Waals surface area contributed by atoms with Gasteiger partial charge in [0.1, 0.15) is 0 Å². The molecule has 0 aromatic heterocycles. The van der Waals surface area contributed by atoms with Gasteiger partial charge in [-0.15, -0.1) is 0 Å². The summed E-state index contributed by atoms with van der Waals surface area (Å²) >= 11 is 0. The van der Waals surface area contributed by atoms with Gasteiger partial charge in [-0.05, 0) is 26.0 Å². The minimum atomic E-state index is -0.241. The zero-order valence-electron chi connectivity index (χ0n) is 14.6. The maximum atomic E-state index is 12.5. The molecule has 1 fully saturated rings. The first-order valence-corrected chi connectivity index (χ1v) is 8.65. The minimum Gasteiger partial charge on any atom is -0.450 e. The summed E-state index contributed by atoms with van der Waals surface area (Å²) in [6.45, 7) is 8.46. The van der Waals surface area contributed by atoms with Crippen molar-refractivity contribution in [2.45, 2.75) is 20.3 Å². The number of para-hydroxylation sites is 1. The number of carbonyl (C=O) groups is 2. The van der Waals surface area contributed by atoms with E-state index in [9.17, 15) is 9.59 Å². The molecule has 24 heavy (non-hydrogen) atoms. The number of piperazine rings is 1. The molecule has 6 heteroatoms. The number of benzene rings is 1. The normalized spacial score (nSPS) is 15.2. The second-order valence-electron chi connectivity index (χ2n) is 5.75. The van der Waals surface area contributed by atoms with Crippen LogP contribution in [-0.2, 0) is 9.53 Å². The van der Waals surface area contributed by atoms with E-state index in [1.807, 2.05) is 49.1 Å². The molecule has 0 spiro atoms. The van der Waals surface area contributed by atoms with Gasteiger partial charge in [-0.25, -0.2) is 4.79 Å². The third kappa shape index (κ3) is 4.96. The SMILES string of the molecule is CCOC(=O)N1CCN(CCC(=O)N(CC)c2ccccc2)CC1. The Balaban J connectivity index is 1.77. The maximum absolute atomic E-state index is 12.5. The Bertz CT molecular complexity index is 528.